The van der Waals surface area contributed by atoms with Crippen molar-refractivity contribution in [3.8, 4) is 5.75 Å². The highest BCUT2D eigenvalue weighted by molar-refractivity contribution is 5.47. The molecule has 0 fully saturated rings. The van der Waals surface area contributed by atoms with E-state index in [9.17, 15) is 5.11 Å². The van der Waals surface area contributed by atoms with Crippen LogP contribution in [0.25, 0.3) is 0 Å². The number of aryl methyl sites for hydroxylation is 2. The summed E-state index contributed by atoms with van der Waals surface area (Å²) in [6.07, 6.45) is 0. The predicted octanol–water partition coefficient (Wildman–Crippen LogP) is 3.68. The number of nitrogens with one attached hydrogen (secondary N) is 1. The lowest BCUT2D eigenvalue weighted by atomic mass is 10.1. The Labute approximate surface area is 127 Å². The van der Waals surface area contributed by atoms with Crippen LogP contribution in [0.5, 0.6) is 5.75 Å². The molecular formula is C18H24N2O. The normalized spacial score (nSPS) is 10.9. The first-order chi connectivity index (χ1) is 9.95. The van der Waals surface area contributed by atoms with Crippen molar-refractivity contribution < 1.29 is 5.11 Å². The molecule has 2 N–H and O–H groups in total. The third-order valence-electron chi connectivity index (χ3n) is 3.50. The van der Waals surface area contributed by atoms with Crippen LogP contribution in [-0.2, 0) is 13.1 Å². The summed E-state index contributed by atoms with van der Waals surface area (Å²) < 4.78 is 0. The number of anilines is 1. The van der Waals surface area contributed by atoms with Crippen LogP contribution in [0.4, 0.5) is 5.69 Å². The molecule has 0 heterocycles. The molecule has 2 aromatic rings. The Hall–Kier alpha value is -2.00. The van der Waals surface area contributed by atoms with Gasteiger partial charge in [-0.25, -0.2) is 0 Å². The Morgan fingerprint density at radius 1 is 0.952 bits per heavy atom. The number of hydrogen-bond donors (Lipinski definition) is 2. The van der Waals surface area contributed by atoms with Crippen molar-refractivity contribution in [1.29, 1.82) is 0 Å². The minimum atomic E-state index is 0.395. The third kappa shape index (κ3) is 4.23. The van der Waals surface area contributed by atoms with Crippen LogP contribution in [-0.4, -0.2) is 24.1 Å². The van der Waals surface area contributed by atoms with Crippen molar-refractivity contribution in [3.05, 3.63) is 58.7 Å². The number of benzene rings is 2. The summed E-state index contributed by atoms with van der Waals surface area (Å²) in [4.78, 5) is 2.16. The minimum absolute atomic E-state index is 0.395. The highest BCUT2D eigenvalue weighted by atomic mass is 16.3. The van der Waals surface area contributed by atoms with Crippen molar-refractivity contribution in [3.63, 3.8) is 0 Å². The summed E-state index contributed by atoms with van der Waals surface area (Å²) in [5.74, 6) is 0.395. The second-order valence-corrected chi connectivity index (χ2v) is 5.87. The molecule has 0 aliphatic heterocycles. The van der Waals surface area contributed by atoms with Crippen molar-refractivity contribution in [2.45, 2.75) is 26.9 Å². The van der Waals surface area contributed by atoms with E-state index in [1.807, 2.05) is 26.0 Å². The molecule has 3 heteroatoms. The fourth-order valence-electron chi connectivity index (χ4n) is 2.44. The molecule has 0 bridgehead atoms. The van der Waals surface area contributed by atoms with Crippen LogP contribution in [0.15, 0.2) is 36.4 Å². The quantitative estimate of drug-likeness (QED) is 0.879. The highest BCUT2D eigenvalue weighted by Gasteiger charge is 2.03. The fraction of sp³-hybridized carbons (Fsp3) is 0.333. The second kappa shape index (κ2) is 6.64. The second-order valence-electron chi connectivity index (χ2n) is 5.87. The van der Waals surface area contributed by atoms with E-state index in [0.717, 1.165) is 29.9 Å². The molecule has 0 radical (unpaired) electrons. The Morgan fingerprint density at radius 2 is 1.52 bits per heavy atom. The molecule has 0 saturated carbocycles. The third-order valence-corrected chi connectivity index (χ3v) is 3.50. The zero-order valence-electron chi connectivity index (χ0n) is 13.3. The van der Waals surface area contributed by atoms with Gasteiger partial charge in [-0.1, -0.05) is 24.3 Å². The van der Waals surface area contributed by atoms with Crippen LogP contribution in [0.1, 0.15) is 22.3 Å². The molecule has 0 aromatic heterocycles. The van der Waals surface area contributed by atoms with Gasteiger partial charge in [0.15, 0.2) is 0 Å². The number of nitrogens with zero attached hydrogens (tertiary/aromatic N) is 1. The number of aromatic hydroxyl groups is 1. The standard InChI is InChI=1S/C18H24N2O/c1-13-9-16(10-14(2)18(13)21)11-19-17-7-5-15(6-8-17)12-20(3)4/h5-10,19,21H,11-12H2,1-4H3. The first kappa shape index (κ1) is 15.4. The average molecular weight is 284 g/mol. The van der Waals surface area contributed by atoms with Crippen molar-refractivity contribution in [1.82, 2.24) is 4.90 Å². The Morgan fingerprint density at radius 3 is 2.05 bits per heavy atom. The monoisotopic (exact) mass is 284 g/mol. The molecule has 0 aliphatic carbocycles. The molecule has 0 aliphatic rings. The maximum Gasteiger partial charge on any atom is 0.121 e. The van der Waals surface area contributed by atoms with E-state index in [-0.39, 0.29) is 0 Å². The van der Waals surface area contributed by atoms with E-state index in [1.165, 1.54) is 11.1 Å². The van der Waals surface area contributed by atoms with Crippen LogP contribution in [0.2, 0.25) is 0 Å². The lowest BCUT2D eigenvalue weighted by molar-refractivity contribution is 0.402. The summed E-state index contributed by atoms with van der Waals surface area (Å²) in [6.45, 7) is 5.58. The zero-order valence-corrected chi connectivity index (χ0v) is 13.3. The van der Waals surface area contributed by atoms with Crippen molar-refractivity contribution in [2.75, 3.05) is 19.4 Å². The highest BCUT2D eigenvalue weighted by Crippen LogP contribution is 2.23. The SMILES string of the molecule is Cc1cc(CNc2ccc(CN(C)C)cc2)cc(C)c1O. The van der Waals surface area contributed by atoms with E-state index < -0.39 is 0 Å². The van der Waals surface area contributed by atoms with Crippen LogP contribution >= 0.6 is 0 Å². The predicted molar refractivity (Wildman–Crippen MR) is 88.7 cm³/mol. The minimum Gasteiger partial charge on any atom is -0.507 e. The summed E-state index contributed by atoms with van der Waals surface area (Å²) in [6, 6.07) is 12.6. The van der Waals surface area contributed by atoms with Gasteiger partial charge >= 0.3 is 0 Å². The van der Waals surface area contributed by atoms with E-state index in [1.54, 1.807) is 0 Å². The first-order valence-electron chi connectivity index (χ1n) is 7.22. The smallest absolute Gasteiger partial charge is 0.121 e. The molecule has 0 unspecified atom stereocenters. The lowest BCUT2D eigenvalue weighted by Crippen LogP contribution is -2.10. The molecule has 0 amide bonds. The Bertz CT molecular complexity index is 580. The average Bonchev–Trinajstić information content (AvgIpc) is 2.43. The van der Waals surface area contributed by atoms with Gasteiger partial charge in [0.1, 0.15) is 5.75 Å². The van der Waals surface area contributed by atoms with Gasteiger partial charge in [-0.3, -0.25) is 0 Å². The largest absolute Gasteiger partial charge is 0.507 e. The maximum atomic E-state index is 9.79. The van der Waals surface area contributed by atoms with E-state index in [4.69, 9.17) is 0 Å². The molecule has 0 atom stereocenters. The van der Waals surface area contributed by atoms with Crippen LogP contribution in [0, 0.1) is 13.8 Å². The molecule has 112 valence electrons. The van der Waals surface area contributed by atoms with Gasteiger partial charge in [0.2, 0.25) is 0 Å². The van der Waals surface area contributed by atoms with Gasteiger partial charge in [-0.15, -0.1) is 0 Å². The molecule has 21 heavy (non-hydrogen) atoms. The number of phenols is 1. The molecule has 3 nitrogen and oxygen atoms in total. The number of phenolic OH excluding ortho intramolecular Hbond substituents is 1. The van der Waals surface area contributed by atoms with E-state index in [0.29, 0.717) is 5.75 Å². The van der Waals surface area contributed by atoms with Crippen molar-refractivity contribution >= 4 is 5.69 Å². The van der Waals surface area contributed by atoms with Gasteiger partial charge in [0, 0.05) is 18.8 Å². The molecule has 0 spiro atoms. The first-order valence-corrected chi connectivity index (χ1v) is 7.22. The number of hydrogen-bond acceptors (Lipinski definition) is 3. The zero-order chi connectivity index (χ0) is 15.4. The van der Waals surface area contributed by atoms with Gasteiger partial charge < -0.3 is 15.3 Å². The molecule has 2 rings (SSSR count). The summed E-state index contributed by atoms with van der Waals surface area (Å²) in [5, 5.41) is 13.2. The Balaban J connectivity index is 2.00. The lowest BCUT2D eigenvalue weighted by Gasteiger charge is -2.12. The van der Waals surface area contributed by atoms with E-state index in [2.05, 4.69) is 48.6 Å². The summed E-state index contributed by atoms with van der Waals surface area (Å²) in [7, 11) is 4.14. The number of rotatable bonds is 5. The summed E-state index contributed by atoms with van der Waals surface area (Å²) in [5.41, 5.74) is 5.45. The summed E-state index contributed by atoms with van der Waals surface area (Å²) >= 11 is 0. The maximum absolute atomic E-state index is 9.79. The van der Waals surface area contributed by atoms with E-state index >= 15 is 0 Å². The van der Waals surface area contributed by atoms with Gasteiger partial charge in [-0.2, -0.15) is 0 Å². The van der Waals surface area contributed by atoms with Crippen LogP contribution in [0.3, 0.4) is 0 Å². The topological polar surface area (TPSA) is 35.5 Å². The van der Waals surface area contributed by atoms with Gasteiger partial charge in [0.25, 0.3) is 0 Å². The fourth-order valence-corrected chi connectivity index (χ4v) is 2.44. The van der Waals surface area contributed by atoms with Gasteiger partial charge in [0.05, 0.1) is 0 Å². The molecule has 2 aromatic carbocycles. The molecular weight excluding hydrogens is 260 g/mol. The Kier molecular flexibility index (Phi) is 4.86. The molecule has 0 saturated heterocycles. The van der Waals surface area contributed by atoms with Crippen LogP contribution < -0.4 is 5.32 Å². The van der Waals surface area contributed by atoms with Gasteiger partial charge in [-0.05, 0) is 62.3 Å². The van der Waals surface area contributed by atoms with Crippen molar-refractivity contribution in [2.24, 2.45) is 0 Å².